The Kier molecular flexibility index (Phi) is 10.1. The number of rotatable bonds is 11. The van der Waals surface area contributed by atoms with Gasteiger partial charge in [-0.25, -0.2) is 0 Å². The van der Waals surface area contributed by atoms with Gasteiger partial charge in [-0.15, -0.1) is 0 Å². The number of ether oxygens (including phenoxy) is 4. The van der Waals surface area contributed by atoms with Gasteiger partial charge < -0.3 is 39.4 Å². The van der Waals surface area contributed by atoms with Gasteiger partial charge in [-0.3, -0.25) is 4.79 Å². The van der Waals surface area contributed by atoms with Crippen molar-refractivity contribution in [1.82, 2.24) is 19.8 Å². The van der Waals surface area contributed by atoms with Gasteiger partial charge in [-0.2, -0.15) is 9.97 Å². The van der Waals surface area contributed by atoms with Crippen LogP contribution < -0.4 is 35.2 Å². The molecule has 13 heteroatoms. The number of carbonyl (C=O) groups is 1. The second-order valence-electron chi connectivity index (χ2n) is 13.7. The van der Waals surface area contributed by atoms with Crippen LogP contribution in [0.5, 0.6) is 17.5 Å². The van der Waals surface area contributed by atoms with E-state index in [4.69, 9.17) is 18.9 Å². The van der Waals surface area contributed by atoms with Crippen molar-refractivity contribution in [3.05, 3.63) is 29.5 Å². The Morgan fingerprint density at radius 2 is 1.62 bits per heavy atom. The summed E-state index contributed by atoms with van der Waals surface area (Å²) in [5.74, 6) is 1.34. The first-order valence-electron chi connectivity index (χ1n) is 16.1. The summed E-state index contributed by atoms with van der Waals surface area (Å²) in [6.45, 7) is 18.0. The van der Waals surface area contributed by atoms with Crippen molar-refractivity contribution in [2.45, 2.75) is 64.3 Å². The average Bonchev–Trinajstić information content (AvgIpc) is 3.48. The molecule has 1 saturated heterocycles. The minimum Gasteiger partial charge on any atom is -0.479 e. The van der Waals surface area contributed by atoms with Crippen molar-refractivity contribution in [2.75, 3.05) is 71.2 Å². The van der Waals surface area contributed by atoms with Crippen LogP contribution in [0.25, 0.3) is 0 Å². The van der Waals surface area contributed by atoms with Crippen LogP contribution in [0.2, 0.25) is 38.3 Å². The van der Waals surface area contributed by atoms with Crippen LogP contribution in [-0.4, -0.2) is 109 Å². The third-order valence-corrected chi connectivity index (χ3v) is 16.9. The minimum atomic E-state index is -1.53. The summed E-state index contributed by atoms with van der Waals surface area (Å²) < 4.78 is 23.4. The van der Waals surface area contributed by atoms with E-state index >= 15 is 0 Å². The molecule has 11 nitrogen and oxygen atoms in total. The molecule has 2 aromatic rings. The zero-order valence-corrected chi connectivity index (χ0v) is 30.2. The molecule has 0 saturated carbocycles. The predicted octanol–water partition coefficient (Wildman–Crippen LogP) is 3.34. The van der Waals surface area contributed by atoms with Gasteiger partial charge in [-0.1, -0.05) is 54.7 Å². The monoisotopic (exact) mass is 654 g/mol. The number of aryl methyl sites for hydroxylation is 1. The van der Waals surface area contributed by atoms with E-state index in [0.717, 1.165) is 50.5 Å². The lowest BCUT2D eigenvalue weighted by Gasteiger charge is -2.40. The van der Waals surface area contributed by atoms with E-state index in [0.29, 0.717) is 18.9 Å². The molecule has 1 unspecified atom stereocenters. The largest absolute Gasteiger partial charge is 0.479 e. The number of anilines is 2. The Hall–Kier alpha value is -3.14. The smallest absolute Gasteiger partial charge is 0.290 e. The number of hydrogen-bond donors (Lipinski definition) is 2. The van der Waals surface area contributed by atoms with Crippen molar-refractivity contribution in [2.24, 2.45) is 0 Å². The number of methoxy groups -OCH3 is 2. The van der Waals surface area contributed by atoms with E-state index in [9.17, 15) is 4.79 Å². The van der Waals surface area contributed by atoms with E-state index in [-0.39, 0.29) is 23.2 Å². The maximum atomic E-state index is 13.3. The number of fused-ring (bicyclic) bond motifs is 1. The molecule has 0 aliphatic carbocycles. The van der Waals surface area contributed by atoms with Gasteiger partial charge in [0, 0.05) is 39.1 Å². The zero-order chi connectivity index (χ0) is 32.4. The molecule has 246 valence electrons. The van der Waals surface area contributed by atoms with Crippen LogP contribution in [0.4, 0.5) is 11.6 Å². The molecule has 2 N–H and O–H groups in total. The number of nitrogens with zero attached hydrogens (tertiary/aromatic N) is 4. The maximum Gasteiger partial charge on any atom is 0.290 e. The molecule has 3 aliphatic heterocycles. The van der Waals surface area contributed by atoms with E-state index in [2.05, 4.69) is 82.7 Å². The molecule has 4 heterocycles. The molecule has 1 atom stereocenters. The number of benzene rings is 1. The van der Waals surface area contributed by atoms with Gasteiger partial charge in [0.2, 0.25) is 24.0 Å². The molecule has 1 aromatic carbocycles. The number of likely N-dealkylation sites (N-methyl/N-ethyl adjacent to an activating group) is 1. The van der Waals surface area contributed by atoms with Crippen molar-refractivity contribution in [1.29, 1.82) is 0 Å². The highest BCUT2D eigenvalue weighted by Crippen LogP contribution is 2.34. The van der Waals surface area contributed by atoms with Crippen LogP contribution >= 0.6 is 0 Å². The first kappa shape index (κ1) is 33.2. The maximum absolute atomic E-state index is 13.3. The normalized spacial score (nSPS) is 20.9. The number of amides is 1. The number of piperazine rings is 1. The highest BCUT2D eigenvalue weighted by molar-refractivity contribution is 7.03. The van der Waals surface area contributed by atoms with Gasteiger partial charge in [0.05, 0.1) is 30.4 Å². The number of aromatic nitrogens is 2. The Labute approximate surface area is 269 Å². The van der Waals surface area contributed by atoms with Crippen molar-refractivity contribution >= 4 is 44.1 Å². The van der Waals surface area contributed by atoms with Gasteiger partial charge in [0.15, 0.2) is 11.4 Å². The molecule has 5 rings (SSSR count). The molecule has 1 aromatic heterocycles. The van der Waals surface area contributed by atoms with Crippen LogP contribution in [-0.2, 0) is 9.53 Å². The van der Waals surface area contributed by atoms with Gasteiger partial charge in [0.25, 0.3) is 5.91 Å². The van der Waals surface area contributed by atoms with Crippen LogP contribution in [0.15, 0.2) is 24.0 Å². The number of hydrogen-bond acceptors (Lipinski definition) is 10. The summed E-state index contributed by atoms with van der Waals surface area (Å²) in [6, 6.07) is 7.29. The third kappa shape index (κ3) is 7.64. The number of nitrogens with one attached hydrogen (secondary N) is 2. The minimum absolute atomic E-state index is 0.175. The first-order chi connectivity index (χ1) is 21.4. The topological polar surface area (TPSA) is 110 Å². The Morgan fingerprint density at radius 3 is 2.24 bits per heavy atom. The highest BCUT2D eigenvalue weighted by Gasteiger charge is 2.40. The summed E-state index contributed by atoms with van der Waals surface area (Å²) in [5.41, 5.74) is 1.36. The molecule has 45 heavy (non-hydrogen) atoms. The van der Waals surface area contributed by atoms with Gasteiger partial charge >= 0.3 is 0 Å². The molecule has 3 aliphatic rings. The zero-order valence-electron chi connectivity index (χ0n) is 28.2. The third-order valence-electron chi connectivity index (χ3n) is 9.38. The summed E-state index contributed by atoms with van der Waals surface area (Å²) in [6.07, 6.45) is 2.58. The van der Waals surface area contributed by atoms with Crippen LogP contribution in [0.3, 0.4) is 0 Å². The molecule has 0 bridgehead atoms. The van der Waals surface area contributed by atoms with Crippen molar-refractivity contribution in [3.8, 4) is 17.5 Å². The second-order valence-corrected chi connectivity index (χ2v) is 23.3. The molecule has 0 spiro atoms. The molecule has 1 amide bonds. The fraction of sp³-hybridized carbons (Fsp3) is 0.594. The molecule has 1 fully saturated rings. The van der Waals surface area contributed by atoms with Gasteiger partial charge in [0.1, 0.15) is 5.75 Å². The fourth-order valence-electron chi connectivity index (χ4n) is 6.28. The average molecular weight is 655 g/mol. The van der Waals surface area contributed by atoms with E-state index in [1.165, 1.54) is 31.5 Å². The molecule has 0 radical (unpaired) electrons. The summed E-state index contributed by atoms with van der Waals surface area (Å²) >= 11 is 0. The lowest BCUT2D eigenvalue weighted by molar-refractivity contribution is -0.119. The summed E-state index contributed by atoms with van der Waals surface area (Å²) in [5, 5.41) is 9.19. The Bertz CT molecular complexity index is 1400. The van der Waals surface area contributed by atoms with Gasteiger partial charge in [-0.05, 0) is 44.6 Å². The number of carbonyl (C=O) groups excluding carboxylic acids is 1. The van der Waals surface area contributed by atoms with E-state index < -0.39 is 28.3 Å². The van der Waals surface area contributed by atoms with Crippen molar-refractivity contribution in [3.63, 3.8) is 0 Å². The fourth-order valence-corrected chi connectivity index (χ4v) is 16.6. The summed E-state index contributed by atoms with van der Waals surface area (Å²) in [4.78, 5) is 27.1. The van der Waals surface area contributed by atoms with Crippen LogP contribution in [0, 0.1) is 6.92 Å². The first-order valence-corrected chi connectivity index (χ1v) is 22.5. The standard InChI is InChI=1S/C32H50N6O5Si2/c1-22-20-25-26(45(7,8)19-18-44(25,5)6)21-24(22)43-27-11-10-23(42-27)29(39)34-28-30(40-3)35-32(36-31(28)41-4)33-12-9-13-38-16-14-37(2)15-17-38/h10,20-21,27H,9,11-19H2,1-8H3,(H,34,39)(H,33,35,36). The lowest BCUT2D eigenvalue weighted by atomic mass is 10.2. The molecular weight excluding hydrogens is 605 g/mol. The van der Waals surface area contributed by atoms with Crippen molar-refractivity contribution < 1.29 is 23.7 Å². The quantitative estimate of drug-likeness (QED) is 0.277. The molecular formula is C32H50N6O5Si2. The van der Waals surface area contributed by atoms with Crippen LogP contribution in [0.1, 0.15) is 18.4 Å². The van der Waals surface area contributed by atoms with E-state index in [1.54, 1.807) is 11.3 Å². The Balaban J connectivity index is 1.19. The lowest BCUT2D eigenvalue weighted by Crippen LogP contribution is -2.63. The SMILES string of the molecule is COc1nc(NCCCN2CCN(C)CC2)nc(OC)c1NC(=O)C1=CCC(Oc2cc3c(cc2C)[Si](C)(C)CC[Si]3(C)C)O1. The second kappa shape index (κ2) is 13.7. The highest BCUT2D eigenvalue weighted by atomic mass is 28.3. The summed E-state index contributed by atoms with van der Waals surface area (Å²) in [7, 11) is 2.17. The van der Waals surface area contributed by atoms with E-state index in [1.807, 2.05) is 0 Å². The predicted molar refractivity (Wildman–Crippen MR) is 184 cm³/mol. The Morgan fingerprint density at radius 1 is 1.00 bits per heavy atom.